The number of aliphatic carboxylic acids is 1. The first-order valence-corrected chi connectivity index (χ1v) is 6.54. The number of hydrogen-bond donors (Lipinski definition) is 1. The SMILES string of the molecule is O=C([O-])C(O)N1c2ccccc2Sc2ccccc21. The summed E-state index contributed by atoms with van der Waals surface area (Å²) in [4.78, 5) is 14.2. The lowest BCUT2D eigenvalue weighted by Crippen LogP contribution is -2.46. The van der Waals surface area contributed by atoms with Crippen molar-refractivity contribution in [1.82, 2.24) is 0 Å². The molecule has 0 radical (unpaired) electrons. The maximum absolute atomic E-state index is 11.0. The van der Waals surface area contributed by atoms with Crippen LogP contribution < -0.4 is 10.0 Å². The molecule has 0 aromatic heterocycles. The predicted octanol–water partition coefficient (Wildman–Crippen LogP) is 1.36. The molecule has 0 spiro atoms. The van der Waals surface area contributed by atoms with Gasteiger partial charge >= 0.3 is 0 Å². The summed E-state index contributed by atoms with van der Waals surface area (Å²) in [5.41, 5.74) is 1.34. The van der Waals surface area contributed by atoms with Crippen LogP contribution in [0.1, 0.15) is 0 Å². The van der Waals surface area contributed by atoms with Crippen molar-refractivity contribution in [3.8, 4) is 0 Å². The van der Waals surface area contributed by atoms with Crippen LogP contribution >= 0.6 is 11.8 Å². The fraction of sp³-hybridized carbons (Fsp3) is 0.0714. The predicted molar refractivity (Wildman–Crippen MR) is 70.2 cm³/mol. The van der Waals surface area contributed by atoms with Crippen molar-refractivity contribution in [2.75, 3.05) is 4.90 Å². The average Bonchev–Trinajstić information content (AvgIpc) is 2.43. The van der Waals surface area contributed by atoms with E-state index in [2.05, 4.69) is 0 Å². The third-order valence-corrected chi connectivity index (χ3v) is 4.06. The highest BCUT2D eigenvalue weighted by atomic mass is 32.2. The molecule has 5 heteroatoms. The molecule has 1 heterocycles. The molecule has 0 saturated carbocycles. The molecule has 1 N–H and O–H groups in total. The lowest BCUT2D eigenvalue weighted by molar-refractivity contribution is -0.314. The summed E-state index contributed by atoms with van der Waals surface area (Å²) >= 11 is 1.55. The number of para-hydroxylation sites is 2. The van der Waals surface area contributed by atoms with Crippen LogP contribution in [0.15, 0.2) is 58.3 Å². The van der Waals surface area contributed by atoms with Gasteiger partial charge in [-0.25, -0.2) is 0 Å². The van der Waals surface area contributed by atoms with Crippen LogP contribution in [0, 0.1) is 0 Å². The van der Waals surface area contributed by atoms with Gasteiger partial charge in [0.2, 0.25) is 0 Å². The fourth-order valence-electron chi connectivity index (χ4n) is 2.10. The molecule has 1 aliphatic heterocycles. The third kappa shape index (κ3) is 1.97. The van der Waals surface area contributed by atoms with Crippen LogP contribution in [0.4, 0.5) is 11.4 Å². The van der Waals surface area contributed by atoms with Crippen LogP contribution in [0.25, 0.3) is 0 Å². The van der Waals surface area contributed by atoms with E-state index in [4.69, 9.17) is 0 Å². The number of nitrogens with zero attached hydrogens (tertiary/aromatic N) is 1. The van der Waals surface area contributed by atoms with Crippen LogP contribution in [-0.4, -0.2) is 17.3 Å². The number of aliphatic hydroxyl groups is 1. The molecule has 0 fully saturated rings. The molecule has 0 bridgehead atoms. The molecule has 0 aliphatic carbocycles. The summed E-state index contributed by atoms with van der Waals surface area (Å²) in [7, 11) is 0. The van der Waals surface area contributed by atoms with Gasteiger partial charge in [-0.3, -0.25) is 0 Å². The zero-order chi connectivity index (χ0) is 13.4. The number of fused-ring (bicyclic) bond motifs is 2. The molecule has 1 unspecified atom stereocenters. The number of hydrogen-bond acceptors (Lipinski definition) is 5. The minimum atomic E-state index is -1.71. The summed E-state index contributed by atoms with van der Waals surface area (Å²) in [6, 6.07) is 14.7. The molecule has 2 aromatic rings. The van der Waals surface area contributed by atoms with Gasteiger partial charge in [0.25, 0.3) is 0 Å². The zero-order valence-corrected chi connectivity index (χ0v) is 10.6. The summed E-state index contributed by atoms with van der Waals surface area (Å²) in [5, 5.41) is 20.9. The van der Waals surface area contributed by atoms with E-state index in [9.17, 15) is 15.0 Å². The smallest absolute Gasteiger partial charge is 0.172 e. The van der Waals surface area contributed by atoms with E-state index in [0.717, 1.165) is 9.79 Å². The van der Waals surface area contributed by atoms with Crippen molar-refractivity contribution in [2.24, 2.45) is 0 Å². The van der Waals surface area contributed by atoms with Gasteiger partial charge in [-0.2, -0.15) is 0 Å². The molecule has 3 rings (SSSR count). The third-order valence-electron chi connectivity index (χ3n) is 2.92. The van der Waals surface area contributed by atoms with Gasteiger partial charge < -0.3 is 19.9 Å². The molecule has 19 heavy (non-hydrogen) atoms. The van der Waals surface area contributed by atoms with E-state index >= 15 is 0 Å². The van der Waals surface area contributed by atoms with E-state index in [1.807, 2.05) is 36.4 Å². The van der Waals surface area contributed by atoms with Crippen molar-refractivity contribution >= 4 is 29.1 Å². The molecule has 1 aliphatic rings. The van der Waals surface area contributed by atoms with Gasteiger partial charge in [-0.15, -0.1) is 0 Å². The van der Waals surface area contributed by atoms with Crippen molar-refractivity contribution < 1.29 is 15.0 Å². The van der Waals surface area contributed by atoms with Gasteiger partial charge in [0.1, 0.15) is 0 Å². The topological polar surface area (TPSA) is 63.6 Å². The normalized spacial score (nSPS) is 14.5. The Morgan fingerprint density at radius 3 is 2.00 bits per heavy atom. The van der Waals surface area contributed by atoms with Crippen molar-refractivity contribution in [2.45, 2.75) is 16.0 Å². The second-order valence-electron chi connectivity index (χ2n) is 4.10. The van der Waals surface area contributed by atoms with Crippen molar-refractivity contribution in [3.05, 3.63) is 48.5 Å². The molecule has 0 saturated heterocycles. The van der Waals surface area contributed by atoms with Gasteiger partial charge in [0.15, 0.2) is 6.23 Å². The summed E-state index contributed by atoms with van der Waals surface area (Å²) in [6.45, 7) is 0. The second kappa shape index (κ2) is 4.60. The van der Waals surface area contributed by atoms with Crippen LogP contribution in [0.5, 0.6) is 0 Å². The lowest BCUT2D eigenvalue weighted by Gasteiger charge is -2.36. The Labute approximate surface area is 114 Å². The lowest BCUT2D eigenvalue weighted by atomic mass is 10.2. The Morgan fingerprint density at radius 1 is 1.05 bits per heavy atom. The molecule has 1 atom stereocenters. The van der Waals surface area contributed by atoms with E-state index in [-0.39, 0.29) is 0 Å². The van der Waals surface area contributed by atoms with Crippen LogP contribution in [0.2, 0.25) is 0 Å². The first-order chi connectivity index (χ1) is 9.18. The number of carboxylic acids is 1. The number of rotatable bonds is 2. The molecule has 2 aromatic carbocycles. The highest BCUT2D eigenvalue weighted by molar-refractivity contribution is 7.99. The number of anilines is 2. The van der Waals surface area contributed by atoms with Crippen LogP contribution in [0.3, 0.4) is 0 Å². The van der Waals surface area contributed by atoms with Gasteiger partial charge in [0.05, 0.1) is 17.3 Å². The maximum Gasteiger partial charge on any atom is 0.172 e. The maximum atomic E-state index is 11.0. The zero-order valence-electron chi connectivity index (χ0n) is 9.82. The summed E-state index contributed by atoms with van der Waals surface area (Å²) in [6.07, 6.45) is -1.71. The van der Waals surface area contributed by atoms with Gasteiger partial charge in [-0.05, 0) is 24.3 Å². The minimum Gasteiger partial charge on any atom is -0.545 e. The first kappa shape index (κ1) is 12.1. The van der Waals surface area contributed by atoms with E-state index in [1.165, 1.54) is 4.90 Å². The Bertz CT molecular complexity index is 599. The number of benzene rings is 2. The molecule has 0 amide bonds. The number of carbonyl (C=O) groups excluding carboxylic acids is 1. The van der Waals surface area contributed by atoms with E-state index in [0.29, 0.717) is 11.4 Å². The molecule has 96 valence electrons. The quantitative estimate of drug-likeness (QED) is 0.894. The molecular weight excluding hydrogens is 262 g/mol. The first-order valence-electron chi connectivity index (χ1n) is 5.72. The highest BCUT2D eigenvalue weighted by Crippen LogP contribution is 2.48. The highest BCUT2D eigenvalue weighted by Gasteiger charge is 2.28. The van der Waals surface area contributed by atoms with Crippen molar-refractivity contribution in [1.29, 1.82) is 0 Å². The number of aliphatic hydroxyl groups excluding tert-OH is 1. The Balaban J connectivity index is 2.19. The second-order valence-corrected chi connectivity index (χ2v) is 5.18. The monoisotopic (exact) mass is 272 g/mol. The Morgan fingerprint density at radius 2 is 1.53 bits per heavy atom. The summed E-state index contributed by atoms with van der Waals surface area (Å²) in [5.74, 6) is -1.52. The van der Waals surface area contributed by atoms with Gasteiger partial charge in [0, 0.05) is 9.79 Å². The number of carbonyl (C=O) groups is 1. The minimum absolute atomic E-state index is 0.669. The standard InChI is InChI=1S/C14H11NO3S/c16-13(14(17)18)15-9-5-1-3-7-11(9)19-12-8-4-2-6-10(12)15/h1-8,13,16H,(H,17,18)/p-1. The summed E-state index contributed by atoms with van der Waals surface area (Å²) < 4.78 is 0. The Kier molecular flexibility index (Phi) is 2.93. The van der Waals surface area contributed by atoms with E-state index in [1.54, 1.807) is 23.9 Å². The van der Waals surface area contributed by atoms with Crippen molar-refractivity contribution in [3.63, 3.8) is 0 Å². The Hall–Kier alpha value is -1.98. The van der Waals surface area contributed by atoms with E-state index < -0.39 is 12.2 Å². The van der Waals surface area contributed by atoms with Crippen LogP contribution in [-0.2, 0) is 4.79 Å². The largest absolute Gasteiger partial charge is 0.545 e. The number of carboxylic acid groups (broad SMARTS) is 1. The average molecular weight is 272 g/mol. The fourth-order valence-corrected chi connectivity index (χ4v) is 3.17. The van der Waals surface area contributed by atoms with Gasteiger partial charge in [-0.1, -0.05) is 36.0 Å². The molecule has 4 nitrogen and oxygen atoms in total. The molecular formula is C14H10NO3S-.